The lowest BCUT2D eigenvalue weighted by Crippen LogP contribution is -2.39. The molecule has 2 aromatic rings. The van der Waals surface area contributed by atoms with E-state index in [9.17, 15) is 9.59 Å². The van der Waals surface area contributed by atoms with Crippen molar-refractivity contribution < 1.29 is 14.3 Å². The highest BCUT2D eigenvalue weighted by Gasteiger charge is 2.54. The standard InChI is InChI=1S/C20H19ClN4O3/c1-11-4-5-12(2)13(8-11)10-24-18-17(22-23-24)19(26)25(20(18)27)14-6-7-16(28-3)15(21)9-14/h4-9,17-18H,10H2,1-3H3. The van der Waals surface area contributed by atoms with Crippen molar-refractivity contribution >= 4 is 29.1 Å². The van der Waals surface area contributed by atoms with E-state index < -0.39 is 18.0 Å². The van der Waals surface area contributed by atoms with Gasteiger partial charge in [-0.05, 0) is 43.2 Å². The molecule has 1 fully saturated rings. The fourth-order valence-corrected chi connectivity index (χ4v) is 3.80. The Morgan fingerprint density at radius 3 is 2.61 bits per heavy atom. The number of hydrogen-bond acceptors (Lipinski definition) is 6. The molecular weight excluding hydrogens is 380 g/mol. The number of aryl methyl sites for hydroxylation is 2. The van der Waals surface area contributed by atoms with Crippen LogP contribution in [0.25, 0.3) is 0 Å². The molecule has 144 valence electrons. The summed E-state index contributed by atoms with van der Waals surface area (Å²) in [6.45, 7) is 4.43. The number of carbonyl (C=O) groups excluding carboxylic acids is 2. The van der Waals surface area contributed by atoms with E-state index in [2.05, 4.69) is 16.4 Å². The molecular formula is C20H19ClN4O3. The highest BCUT2D eigenvalue weighted by molar-refractivity contribution is 6.33. The third-order valence-electron chi connectivity index (χ3n) is 5.09. The molecule has 0 aliphatic carbocycles. The number of amides is 2. The number of anilines is 1. The number of hydrogen-bond donors (Lipinski definition) is 0. The average Bonchev–Trinajstić information content (AvgIpc) is 3.18. The second-order valence-electron chi connectivity index (χ2n) is 6.95. The lowest BCUT2D eigenvalue weighted by atomic mass is 10.0. The first-order valence-electron chi connectivity index (χ1n) is 8.85. The molecule has 2 unspecified atom stereocenters. The predicted molar refractivity (Wildman–Crippen MR) is 104 cm³/mol. The summed E-state index contributed by atoms with van der Waals surface area (Å²) in [7, 11) is 1.50. The highest BCUT2D eigenvalue weighted by Crippen LogP contribution is 2.36. The summed E-state index contributed by atoms with van der Waals surface area (Å²) in [5, 5.41) is 10.1. The van der Waals surface area contributed by atoms with Crippen molar-refractivity contribution in [3.63, 3.8) is 0 Å². The topological polar surface area (TPSA) is 74.6 Å². The molecule has 0 N–H and O–H groups in total. The average molecular weight is 399 g/mol. The smallest absolute Gasteiger partial charge is 0.263 e. The van der Waals surface area contributed by atoms with Crippen LogP contribution in [0.3, 0.4) is 0 Å². The number of fused-ring (bicyclic) bond motifs is 1. The Balaban J connectivity index is 1.62. The minimum absolute atomic E-state index is 0.325. The van der Waals surface area contributed by atoms with Crippen LogP contribution in [0.15, 0.2) is 46.7 Å². The van der Waals surface area contributed by atoms with Gasteiger partial charge in [0.25, 0.3) is 11.8 Å². The molecule has 7 nitrogen and oxygen atoms in total. The fourth-order valence-electron chi connectivity index (χ4n) is 3.55. The molecule has 0 saturated carbocycles. The summed E-state index contributed by atoms with van der Waals surface area (Å²) >= 11 is 6.17. The summed E-state index contributed by atoms with van der Waals surface area (Å²) in [5.74, 6) is -0.282. The van der Waals surface area contributed by atoms with Crippen molar-refractivity contribution in [3.8, 4) is 5.75 Å². The molecule has 2 aliphatic heterocycles. The van der Waals surface area contributed by atoms with E-state index in [-0.39, 0.29) is 5.91 Å². The van der Waals surface area contributed by atoms with Crippen molar-refractivity contribution in [2.75, 3.05) is 12.0 Å². The largest absolute Gasteiger partial charge is 0.495 e. The lowest BCUT2D eigenvalue weighted by molar-refractivity contribution is -0.123. The van der Waals surface area contributed by atoms with E-state index in [1.165, 1.54) is 7.11 Å². The summed E-state index contributed by atoms with van der Waals surface area (Å²) in [6.07, 6.45) is 0. The molecule has 8 heteroatoms. The van der Waals surface area contributed by atoms with Gasteiger partial charge < -0.3 is 4.74 Å². The van der Waals surface area contributed by atoms with Crippen LogP contribution in [0, 0.1) is 13.8 Å². The van der Waals surface area contributed by atoms with Crippen LogP contribution >= 0.6 is 11.6 Å². The number of halogens is 1. The summed E-state index contributed by atoms with van der Waals surface area (Å²) in [6, 6.07) is 9.35. The first-order valence-corrected chi connectivity index (χ1v) is 9.23. The maximum atomic E-state index is 13.1. The molecule has 2 aromatic carbocycles. The zero-order valence-corrected chi connectivity index (χ0v) is 16.5. The van der Waals surface area contributed by atoms with Gasteiger partial charge in [0.2, 0.25) is 0 Å². The second kappa shape index (κ2) is 6.91. The van der Waals surface area contributed by atoms with E-state index in [0.29, 0.717) is 23.0 Å². The molecule has 0 spiro atoms. The van der Waals surface area contributed by atoms with Gasteiger partial charge in [-0.2, -0.15) is 5.11 Å². The predicted octanol–water partition coefficient (Wildman–Crippen LogP) is 3.46. The van der Waals surface area contributed by atoms with Crippen LogP contribution in [-0.2, 0) is 16.1 Å². The first-order chi connectivity index (χ1) is 13.4. The molecule has 28 heavy (non-hydrogen) atoms. The number of imide groups is 1. The Morgan fingerprint density at radius 1 is 1.11 bits per heavy atom. The Kier molecular flexibility index (Phi) is 4.55. The molecule has 2 aliphatic rings. The molecule has 2 amide bonds. The van der Waals surface area contributed by atoms with Crippen LogP contribution in [-0.4, -0.2) is 36.0 Å². The Labute approximate surface area is 167 Å². The maximum Gasteiger partial charge on any atom is 0.263 e. The Morgan fingerprint density at radius 2 is 1.89 bits per heavy atom. The first kappa shape index (κ1) is 18.4. The Bertz CT molecular complexity index is 1010. The molecule has 2 heterocycles. The van der Waals surface area contributed by atoms with E-state index in [1.54, 1.807) is 23.2 Å². The van der Waals surface area contributed by atoms with Crippen LogP contribution in [0.4, 0.5) is 5.69 Å². The molecule has 0 aromatic heterocycles. The van der Waals surface area contributed by atoms with Crippen molar-refractivity contribution in [1.82, 2.24) is 5.01 Å². The zero-order chi connectivity index (χ0) is 20.0. The Hall–Kier alpha value is -2.93. The molecule has 0 radical (unpaired) electrons. The number of carbonyl (C=O) groups is 2. The third kappa shape index (κ3) is 2.92. The number of ether oxygens (including phenoxy) is 1. The normalized spacial score (nSPS) is 20.9. The molecule has 4 rings (SSSR count). The van der Waals surface area contributed by atoms with Crippen molar-refractivity contribution in [3.05, 3.63) is 58.1 Å². The van der Waals surface area contributed by atoms with E-state index >= 15 is 0 Å². The zero-order valence-electron chi connectivity index (χ0n) is 15.7. The minimum Gasteiger partial charge on any atom is -0.495 e. The maximum absolute atomic E-state index is 13.1. The van der Waals surface area contributed by atoms with Crippen molar-refractivity contribution in [2.24, 2.45) is 10.3 Å². The van der Waals surface area contributed by atoms with Crippen molar-refractivity contribution in [2.45, 2.75) is 32.5 Å². The summed E-state index contributed by atoms with van der Waals surface area (Å²) < 4.78 is 5.13. The highest BCUT2D eigenvalue weighted by atomic mass is 35.5. The van der Waals surface area contributed by atoms with Gasteiger partial charge in [-0.15, -0.1) is 0 Å². The van der Waals surface area contributed by atoms with Gasteiger partial charge in [-0.3, -0.25) is 14.6 Å². The van der Waals surface area contributed by atoms with Gasteiger partial charge >= 0.3 is 0 Å². The number of methoxy groups -OCH3 is 1. The van der Waals surface area contributed by atoms with Gasteiger partial charge in [-0.1, -0.05) is 40.6 Å². The van der Waals surface area contributed by atoms with E-state index in [1.807, 2.05) is 26.0 Å². The van der Waals surface area contributed by atoms with E-state index in [0.717, 1.165) is 21.6 Å². The van der Waals surface area contributed by atoms with Crippen molar-refractivity contribution in [1.29, 1.82) is 0 Å². The lowest BCUT2D eigenvalue weighted by Gasteiger charge is -2.22. The van der Waals surface area contributed by atoms with Crippen LogP contribution in [0.5, 0.6) is 5.75 Å². The van der Waals surface area contributed by atoms with Gasteiger partial charge in [-0.25, -0.2) is 4.90 Å². The quantitative estimate of drug-likeness (QED) is 0.739. The number of rotatable bonds is 4. The van der Waals surface area contributed by atoms with Gasteiger partial charge in [0.05, 0.1) is 24.4 Å². The number of nitrogens with zero attached hydrogens (tertiary/aromatic N) is 4. The second-order valence-corrected chi connectivity index (χ2v) is 7.36. The summed E-state index contributed by atoms with van der Waals surface area (Å²) in [5.41, 5.74) is 3.67. The van der Waals surface area contributed by atoms with Gasteiger partial charge in [0.15, 0.2) is 12.1 Å². The number of benzene rings is 2. The monoisotopic (exact) mass is 398 g/mol. The molecule has 0 bridgehead atoms. The van der Waals surface area contributed by atoms with Crippen LogP contribution in [0.1, 0.15) is 16.7 Å². The molecule has 1 saturated heterocycles. The SMILES string of the molecule is COc1ccc(N2C(=O)C3N=NN(Cc4cc(C)ccc4C)C3C2=O)cc1Cl. The van der Waals surface area contributed by atoms with E-state index in [4.69, 9.17) is 16.3 Å². The van der Waals surface area contributed by atoms with Crippen LogP contribution < -0.4 is 9.64 Å². The van der Waals surface area contributed by atoms with Crippen LogP contribution in [0.2, 0.25) is 5.02 Å². The third-order valence-corrected chi connectivity index (χ3v) is 5.38. The van der Waals surface area contributed by atoms with Gasteiger partial charge in [0, 0.05) is 0 Å². The minimum atomic E-state index is -0.835. The summed E-state index contributed by atoms with van der Waals surface area (Å²) in [4.78, 5) is 27.1. The fraction of sp³-hybridized carbons (Fsp3) is 0.300. The molecule has 2 atom stereocenters. The van der Waals surface area contributed by atoms with Gasteiger partial charge in [0.1, 0.15) is 5.75 Å².